The molecule has 80 valence electrons. The van der Waals surface area contributed by atoms with Crippen LogP contribution >= 0.6 is 11.3 Å². The monoisotopic (exact) mass is 232 g/mol. The third-order valence-electron chi connectivity index (χ3n) is 1.74. The van der Waals surface area contributed by atoms with Gasteiger partial charge in [0.05, 0.1) is 6.21 Å². The van der Waals surface area contributed by atoms with Crippen molar-refractivity contribution in [1.29, 1.82) is 5.26 Å². The zero-order chi connectivity index (χ0) is 11.4. The van der Waals surface area contributed by atoms with E-state index in [1.807, 2.05) is 23.6 Å². The van der Waals surface area contributed by atoms with Crippen molar-refractivity contribution in [3.8, 4) is 6.07 Å². The summed E-state index contributed by atoms with van der Waals surface area (Å²) in [6.07, 6.45) is 1.66. The second-order valence-electron chi connectivity index (χ2n) is 2.91. The largest absolute Gasteiger partial charge is 0.422 e. The van der Waals surface area contributed by atoms with E-state index in [1.165, 1.54) is 0 Å². The van der Waals surface area contributed by atoms with E-state index in [1.54, 1.807) is 24.5 Å². The van der Waals surface area contributed by atoms with Gasteiger partial charge in [0.2, 0.25) is 5.69 Å². The molecule has 0 aromatic carbocycles. The van der Waals surface area contributed by atoms with Crippen LogP contribution < -0.4 is 5.43 Å². The molecule has 0 saturated carbocycles. The van der Waals surface area contributed by atoms with Crippen LogP contribution in [0.5, 0.6) is 0 Å². The number of aryl methyl sites for hydroxylation is 1. The molecule has 0 bridgehead atoms. The highest BCUT2D eigenvalue weighted by Gasteiger charge is 2.08. The molecular formula is C10H8N4OS. The molecule has 0 atom stereocenters. The molecule has 0 saturated heterocycles. The van der Waals surface area contributed by atoms with Crippen molar-refractivity contribution in [2.24, 2.45) is 5.10 Å². The Morgan fingerprint density at radius 1 is 1.69 bits per heavy atom. The number of nitrogens with one attached hydrogen (secondary N) is 1. The smallest absolute Gasteiger partial charge is 0.252 e. The second kappa shape index (κ2) is 4.59. The zero-order valence-corrected chi connectivity index (χ0v) is 9.28. The minimum Gasteiger partial charge on any atom is -0.422 e. The zero-order valence-electron chi connectivity index (χ0n) is 8.47. The molecule has 0 aliphatic carbocycles. The average molecular weight is 232 g/mol. The first-order valence-corrected chi connectivity index (χ1v) is 5.37. The Morgan fingerprint density at radius 2 is 2.56 bits per heavy atom. The van der Waals surface area contributed by atoms with Crippen LogP contribution in [0.15, 0.2) is 27.0 Å². The number of thiophene rings is 1. The summed E-state index contributed by atoms with van der Waals surface area (Å²) >= 11 is 1.57. The minimum absolute atomic E-state index is 0.209. The molecule has 16 heavy (non-hydrogen) atoms. The van der Waals surface area contributed by atoms with Crippen molar-refractivity contribution in [3.63, 3.8) is 0 Å². The fourth-order valence-corrected chi connectivity index (χ4v) is 1.68. The Kier molecular flexibility index (Phi) is 2.98. The molecule has 0 spiro atoms. The van der Waals surface area contributed by atoms with Gasteiger partial charge in [0.1, 0.15) is 6.07 Å². The van der Waals surface area contributed by atoms with Gasteiger partial charge in [0.15, 0.2) is 5.89 Å². The van der Waals surface area contributed by atoms with Gasteiger partial charge in [0.25, 0.3) is 5.88 Å². The molecule has 1 N–H and O–H groups in total. The normalized spacial score (nSPS) is 10.5. The topological polar surface area (TPSA) is 74.2 Å². The summed E-state index contributed by atoms with van der Waals surface area (Å²) < 4.78 is 5.17. The van der Waals surface area contributed by atoms with Crippen LogP contribution in [0.2, 0.25) is 0 Å². The van der Waals surface area contributed by atoms with Crippen molar-refractivity contribution >= 4 is 23.4 Å². The molecule has 0 fully saturated rings. The maximum Gasteiger partial charge on any atom is 0.252 e. The average Bonchev–Trinajstić information content (AvgIpc) is 2.88. The lowest BCUT2D eigenvalue weighted by Gasteiger charge is -1.92. The third kappa shape index (κ3) is 2.27. The quantitative estimate of drug-likeness (QED) is 0.651. The van der Waals surface area contributed by atoms with Crippen LogP contribution in [0.4, 0.5) is 5.88 Å². The molecule has 0 aliphatic heterocycles. The van der Waals surface area contributed by atoms with Crippen molar-refractivity contribution in [2.75, 3.05) is 5.43 Å². The van der Waals surface area contributed by atoms with Crippen LogP contribution in [0.25, 0.3) is 0 Å². The first-order chi connectivity index (χ1) is 7.79. The highest BCUT2D eigenvalue weighted by atomic mass is 32.1. The molecular weight excluding hydrogens is 224 g/mol. The summed E-state index contributed by atoms with van der Waals surface area (Å²) in [5, 5.41) is 14.7. The number of hydrogen-bond acceptors (Lipinski definition) is 6. The van der Waals surface area contributed by atoms with E-state index >= 15 is 0 Å². The Bertz CT molecular complexity index is 536. The number of rotatable bonds is 3. The number of oxazole rings is 1. The van der Waals surface area contributed by atoms with E-state index < -0.39 is 0 Å². The minimum atomic E-state index is 0.209. The van der Waals surface area contributed by atoms with Gasteiger partial charge in [-0.1, -0.05) is 6.07 Å². The van der Waals surface area contributed by atoms with E-state index in [9.17, 15) is 0 Å². The van der Waals surface area contributed by atoms with Crippen LogP contribution in [0, 0.1) is 18.3 Å². The Morgan fingerprint density at radius 3 is 3.25 bits per heavy atom. The standard InChI is InChI=1S/C10H8N4OS/c1-7-13-9(5-11)10(15-7)14-12-6-8-3-2-4-16-8/h2-4,6,14H,1H3/b12-6+. The van der Waals surface area contributed by atoms with Gasteiger partial charge in [-0.25, -0.2) is 10.4 Å². The van der Waals surface area contributed by atoms with Gasteiger partial charge in [-0.05, 0) is 11.4 Å². The molecule has 2 aromatic heterocycles. The van der Waals surface area contributed by atoms with E-state index in [0.717, 1.165) is 4.88 Å². The number of nitrogens with zero attached hydrogens (tertiary/aromatic N) is 3. The number of anilines is 1. The maximum absolute atomic E-state index is 8.75. The summed E-state index contributed by atoms with van der Waals surface area (Å²) in [6.45, 7) is 1.68. The Labute approximate surface area is 96.0 Å². The molecule has 0 radical (unpaired) electrons. The van der Waals surface area contributed by atoms with Gasteiger partial charge < -0.3 is 4.42 Å². The summed E-state index contributed by atoms with van der Waals surface area (Å²) in [7, 11) is 0. The van der Waals surface area contributed by atoms with Crippen molar-refractivity contribution in [3.05, 3.63) is 34.0 Å². The number of hydrogen-bond donors (Lipinski definition) is 1. The van der Waals surface area contributed by atoms with Crippen LogP contribution in [0.1, 0.15) is 16.5 Å². The molecule has 6 heteroatoms. The van der Waals surface area contributed by atoms with Crippen molar-refractivity contribution in [1.82, 2.24) is 4.98 Å². The Hall–Kier alpha value is -2.13. The van der Waals surface area contributed by atoms with E-state index in [-0.39, 0.29) is 11.6 Å². The number of hydrazone groups is 1. The summed E-state index contributed by atoms with van der Waals surface area (Å²) in [5.41, 5.74) is 2.86. The highest BCUT2D eigenvalue weighted by Crippen LogP contribution is 2.15. The van der Waals surface area contributed by atoms with Crippen LogP contribution in [0.3, 0.4) is 0 Å². The molecule has 0 aliphatic rings. The fourth-order valence-electron chi connectivity index (χ4n) is 1.10. The Balaban J connectivity index is 2.08. The molecule has 0 amide bonds. The van der Waals surface area contributed by atoms with Gasteiger partial charge in [-0.2, -0.15) is 10.4 Å². The summed E-state index contributed by atoms with van der Waals surface area (Å²) in [6, 6.07) is 5.79. The van der Waals surface area contributed by atoms with Gasteiger partial charge in [-0.15, -0.1) is 11.3 Å². The van der Waals surface area contributed by atoms with Gasteiger partial charge in [-0.3, -0.25) is 0 Å². The molecule has 5 nitrogen and oxygen atoms in total. The van der Waals surface area contributed by atoms with Crippen molar-refractivity contribution < 1.29 is 4.42 Å². The second-order valence-corrected chi connectivity index (χ2v) is 3.89. The third-order valence-corrected chi connectivity index (χ3v) is 2.55. The highest BCUT2D eigenvalue weighted by molar-refractivity contribution is 7.11. The van der Waals surface area contributed by atoms with Crippen LogP contribution in [-0.4, -0.2) is 11.2 Å². The van der Waals surface area contributed by atoms with E-state index in [2.05, 4.69) is 15.5 Å². The lowest BCUT2D eigenvalue weighted by molar-refractivity contribution is 0.533. The molecule has 2 rings (SSSR count). The van der Waals surface area contributed by atoms with E-state index in [0.29, 0.717) is 5.89 Å². The first-order valence-electron chi connectivity index (χ1n) is 4.49. The maximum atomic E-state index is 8.75. The predicted molar refractivity (Wildman–Crippen MR) is 61.5 cm³/mol. The van der Waals surface area contributed by atoms with Gasteiger partial charge >= 0.3 is 0 Å². The lowest BCUT2D eigenvalue weighted by atomic mass is 10.5. The number of nitriles is 1. The SMILES string of the molecule is Cc1nc(C#N)c(N/N=C/c2cccs2)o1. The van der Waals surface area contributed by atoms with Gasteiger partial charge in [0, 0.05) is 11.8 Å². The van der Waals surface area contributed by atoms with Crippen LogP contribution in [-0.2, 0) is 0 Å². The van der Waals surface area contributed by atoms with E-state index in [4.69, 9.17) is 9.68 Å². The number of aromatic nitrogens is 1. The predicted octanol–water partition coefficient (Wildman–Crippen LogP) is 2.36. The molecule has 0 unspecified atom stereocenters. The molecule has 2 aromatic rings. The van der Waals surface area contributed by atoms with Crippen molar-refractivity contribution in [2.45, 2.75) is 6.92 Å². The molecule has 2 heterocycles. The first kappa shape index (κ1) is 10.4. The summed E-state index contributed by atoms with van der Waals surface area (Å²) in [5.74, 6) is 0.707. The lowest BCUT2D eigenvalue weighted by Crippen LogP contribution is -1.90. The summed E-state index contributed by atoms with van der Waals surface area (Å²) in [4.78, 5) is 4.90. The fraction of sp³-hybridized carbons (Fsp3) is 0.100.